The fourth-order valence-corrected chi connectivity index (χ4v) is 2.65. The second-order valence-corrected chi connectivity index (χ2v) is 5.71. The third kappa shape index (κ3) is 4.19. The molecule has 2 aromatic rings. The summed E-state index contributed by atoms with van der Waals surface area (Å²) < 4.78 is 0. The van der Waals surface area contributed by atoms with Gasteiger partial charge in [0, 0.05) is 19.2 Å². The number of aromatic nitrogens is 3. The Hall–Kier alpha value is -1.10. The summed E-state index contributed by atoms with van der Waals surface area (Å²) in [4.78, 5) is 12.8. The van der Waals surface area contributed by atoms with E-state index in [1.54, 1.807) is 12.3 Å². The van der Waals surface area contributed by atoms with Crippen molar-refractivity contribution in [3.05, 3.63) is 44.5 Å². The van der Waals surface area contributed by atoms with Crippen LogP contribution in [0.25, 0.3) is 0 Å². The van der Waals surface area contributed by atoms with Crippen molar-refractivity contribution in [2.24, 2.45) is 0 Å². The molecule has 0 saturated heterocycles. The Kier molecular flexibility index (Phi) is 5.62. The van der Waals surface area contributed by atoms with E-state index in [9.17, 15) is 0 Å². The summed E-state index contributed by atoms with van der Waals surface area (Å²) in [6.07, 6.45) is 3.00. The molecule has 0 atom stereocenters. The largest absolute Gasteiger partial charge is 0.368 e. The van der Waals surface area contributed by atoms with Gasteiger partial charge < -0.3 is 5.32 Å². The summed E-state index contributed by atoms with van der Waals surface area (Å²) in [6.45, 7) is 4.47. The molecule has 112 valence electrons. The molecular formula is C14H15Cl3N4. The molecule has 4 nitrogen and oxygen atoms in total. The number of pyridine rings is 1. The minimum Gasteiger partial charge on any atom is -0.368 e. The molecule has 2 aromatic heterocycles. The average Bonchev–Trinajstić information content (AvgIpc) is 2.44. The second kappa shape index (κ2) is 7.25. The van der Waals surface area contributed by atoms with Crippen LogP contribution in [0.15, 0.2) is 12.3 Å². The van der Waals surface area contributed by atoms with Gasteiger partial charge in [-0.2, -0.15) is 0 Å². The molecule has 0 aliphatic carbocycles. The molecule has 0 fully saturated rings. The first-order chi connectivity index (χ1) is 10.0. The summed E-state index contributed by atoms with van der Waals surface area (Å²) in [5.74, 6) is 1.34. The Morgan fingerprint density at radius 1 is 1.14 bits per heavy atom. The van der Waals surface area contributed by atoms with Crippen LogP contribution < -0.4 is 5.32 Å². The van der Waals surface area contributed by atoms with Gasteiger partial charge in [-0.05, 0) is 19.4 Å². The van der Waals surface area contributed by atoms with Gasteiger partial charge in [-0.1, -0.05) is 41.7 Å². The summed E-state index contributed by atoms with van der Waals surface area (Å²) in [7, 11) is 0. The molecule has 0 unspecified atom stereocenters. The molecule has 0 saturated carbocycles. The number of aryl methyl sites for hydroxylation is 2. The smallest absolute Gasteiger partial charge is 0.148 e. The van der Waals surface area contributed by atoms with E-state index >= 15 is 0 Å². The van der Waals surface area contributed by atoms with Crippen LogP contribution >= 0.6 is 34.8 Å². The number of rotatable bonds is 5. The van der Waals surface area contributed by atoms with Crippen molar-refractivity contribution in [3.63, 3.8) is 0 Å². The second-order valence-electron chi connectivity index (χ2n) is 4.49. The van der Waals surface area contributed by atoms with E-state index in [0.717, 1.165) is 17.8 Å². The maximum absolute atomic E-state index is 6.27. The third-order valence-corrected chi connectivity index (χ3v) is 3.84. The number of hydrogen-bond acceptors (Lipinski definition) is 4. The van der Waals surface area contributed by atoms with Crippen LogP contribution in [0.2, 0.25) is 15.1 Å². The first-order valence-electron chi connectivity index (χ1n) is 6.58. The van der Waals surface area contributed by atoms with Gasteiger partial charge in [0.1, 0.15) is 16.7 Å². The highest BCUT2D eigenvalue weighted by Gasteiger charge is 2.10. The van der Waals surface area contributed by atoms with E-state index in [0.29, 0.717) is 39.7 Å². The third-order valence-electron chi connectivity index (χ3n) is 2.90. The highest BCUT2D eigenvalue weighted by atomic mass is 35.5. The van der Waals surface area contributed by atoms with Crippen LogP contribution in [0.5, 0.6) is 0 Å². The van der Waals surface area contributed by atoms with Crippen molar-refractivity contribution in [1.29, 1.82) is 0 Å². The van der Waals surface area contributed by atoms with Crippen LogP contribution in [0.1, 0.15) is 24.1 Å². The van der Waals surface area contributed by atoms with Crippen molar-refractivity contribution in [2.75, 3.05) is 11.9 Å². The molecular weight excluding hydrogens is 331 g/mol. The van der Waals surface area contributed by atoms with Crippen molar-refractivity contribution in [1.82, 2.24) is 15.0 Å². The van der Waals surface area contributed by atoms with Crippen molar-refractivity contribution in [3.8, 4) is 0 Å². The fraction of sp³-hybridized carbons (Fsp3) is 0.357. The molecule has 0 bridgehead atoms. The van der Waals surface area contributed by atoms with Gasteiger partial charge >= 0.3 is 0 Å². The minimum absolute atomic E-state index is 0.527. The van der Waals surface area contributed by atoms with Crippen LogP contribution in [0.3, 0.4) is 0 Å². The number of nitrogens with zero attached hydrogens (tertiary/aromatic N) is 3. The molecule has 7 heteroatoms. The van der Waals surface area contributed by atoms with Crippen LogP contribution in [0.4, 0.5) is 5.82 Å². The van der Waals surface area contributed by atoms with E-state index < -0.39 is 0 Å². The zero-order valence-corrected chi connectivity index (χ0v) is 14.0. The monoisotopic (exact) mass is 344 g/mol. The van der Waals surface area contributed by atoms with Crippen LogP contribution in [-0.2, 0) is 12.8 Å². The maximum atomic E-state index is 6.27. The molecule has 2 heterocycles. The lowest BCUT2D eigenvalue weighted by molar-refractivity contribution is 0.920. The van der Waals surface area contributed by atoms with Crippen LogP contribution in [-0.4, -0.2) is 21.5 Å². The van der Waals surface area contributed by atoms with E-state index in [2.05, 4.69) is 20.3 Å². The predicted molar refractivity (Wildman–Crippen MR) is 87.6 cm³/mol. The molecule has 1 N–H and O–H groups in total. The summed E-state index contributed by atoms with van der Waals surface area (Å²) in [6, 6.07) is 1.68. The topological polar surface area (TPSA) is 50.7 Å². The van der Waals surface area contributed by atoms with Crippen molar-refractivity contribution >= 4 is 40.6 Å². The number of halogens is 3. The molecule has 0 spiro atoms. The molecule has 2 rings (SSSR count). The lowest BCUT2D eigenvalue weighted by Gasteiger charge is -2.11. The molecule has 0 aliphatic heterocycles. The van der Waals surface area contributed by atoms with Gasteiger partial charge in [-0.3, -0.25) is 4.98 Å². The molecule has 21 heavy (non-hydrogen) atoms. The van der Waals surface area contributed by atoms with E-state index in [1.807, 2.05) is 13.8 Å². The normalized spacial score (nSPS) is 10.7. The molecule has 0 aliphatic rings. The van der Waals surface area contributed by atoms with E-state index in [1.165, 1.54) is 0 Å². The zero-order chi connectivity index (χ0) is 15.4. The standard InChI is InChI=1S/C14H15Cl3N4/c1-3-11-13(17)14(21-8(2)20-11)18-5-4-12-10(16)6-9(15)7-19-12/h6-7H,3-5H2,1-2H3,(H,18,20,21). The fourth-order valence-electron chi connectivity index (χ4n) is 1.89. The minimum atomic E-state index is 0.527. The Morgan fingerprint density at radius 2 is 1.90 bits per heavy atom. The summed E-state index contributed by atoms with van der Waals surface area (Å²) in [5.41, 5.74) is 1.63. The molecule has 0 radical (unpaired) electrons. The lowest BCUT2D eigenvalue weighted by atomic mass is 10.2. The van der Waals surface area contributed by atoms with Crippen molar-refractivity contribution < 1.29 is 0 Å². The van der Waals surface area contributed by atoms with Gasteiger partial charge in [0.15, 0.2) is 0 Å². The van der Waals surface area contributed by atoms with Gasteiger partial charge in [0.25, 0.3) is 0 Å². The van der Waals surface area contributed by atoms with Gasteiger partial charge in [-0.25, -0.2) is 9.97 Å². The lowest BCUT2D eigenvalue weighted by Crippen LogP contribution is -2.10. The van der Waals surface area contributed by atoms with Gasteiger partial charge in [-0.15, -0.1) is 0 Å². The van der Waals surface area contributed by atoms with Gasteiger partial charge in [0.2, 0.25) is 0 Å². The highest BCUT2D eigenvalue weighted by Crippen LogP contribution is 2.24. The Labute approximate surface area is 138 Å². The van der Waals surface area contributed by atoms with Gasteiger partial charge in [0.05, 0.1) is 21.4 Å². The number of nitrogens with one attached hydrogen (secondary N) is 1. The Bertz CT molecular complexity index is 646. The zero-order valence-electron chi connectivity index (χ0n) is 11.8. The first-order valence-corrected chi connectivity index (χ1v) is 7.71. The molecule has 0 amide bonds. The predicted octanol–water partition coefficient (Wildman–Crippen LogP) is 4.36. The Morgan fingerprint density at radius 3 is 2.57 bits per heavy atom. The quantitative estimate of drug-likeness (QED) is 0.875. The molecule has 0 aromatic carbocycles. The van der Waals surface area contributed by atoms with Crippen LogP contribution in [0, 0.1) is 6.92 Å². The van der Waals surface area contributed by atoms with E-state index in [-0.39, 0.29) is 0 Å². The number of hydrogen-bond donors (Lipinski definition) is 1. The highest BCUT2D eigenvalue weighted by molar-refractivity contribution is 6.34. The number of anilines is 1. The summed E-state index contributed by atoms with van der Waals surface area (Å²) in [5, 5.41) is 4.86. The van der Waals surface area contributed by atoms with Crippen molar-refractivity contribution in [2.45, 2.75) is 26.7 Å². The SMILES string of the molecule is CCc1nc(C)nc(NCCc2ncc(Cl)cc2Cl)c1Cl. The summed E-state index contributed by atoms with van der Waals surface area (Å²) >= 11 is 18.2. The Balaban J connectivity index is 2.05. The average molecular weight is 346 g/mol. The van der Waals surface area contributed by atoms with E-state index in [4.69, 9.17) is 34.8 Å². The maximum Gasteiger partial charge on any atom is 0.148 e. The first kappa shape index (κ1) is 16.3.